The van der Waals surface area contributed by atoms with Crippen molar-refractivity contribution in [1.29, 1.82) is 0 Å². The zero-order chi connectivity index (χ0) is 19.4. The molecule has 2 aromatic rings. The zero-order valence-corrected chi connectivity index (χ0v) is 15.3. The SMILES string of the molecule is O=C(/C=C/c1cc(F)ccc1F)N1CCC(c2ccccc2)S(=O)(=O)CC1. The summed E-state index contributed by atoms with van der Waals surface area (Å²) in [6.07, 6.45) is 2.64. The van der Waals surface area contributed by atoms with Crippen molar-refractivity contribution < 1.29 is 22.0 Å². The van der Waals surface area contributed by atoms with Crippen LogP contribution in [0.4, 0.5) is 8.78 Å². The lowest BCUT2D eigenvalue weighted by Crippen LogP contribution is -2.32. The molecule has 0 aromatic heterocycles. The number of hydrogen-bond donors (Lipinski definition) is 0. The van der Waals surface area contributed by atoms with Gasteiger partial charge in [0, 0.05) is 24.7 Å². The average Bonchev–Trinajstić information content (AvgIpc) is 2.81. The van der Waals surface area contributed by atoms with Gasteiger partial charge in [0.2, 0.25) is 5.91 Å². The number of sulfone groups is 1. The molecule has 1 unspecified atom stereocenters. The van der Waals surface area contributed by atoms with Crippen molar-refractivity contribution in [1.82, 2.24) is 4.90 Å². The summed E-state index contributed by atoms with van der Waals surface area (Å²) < 4.78 is 52.0. The van der Waals surface area contributed by atoms with Crippen LogP contribution in [0.3, 0.4) is 0 Å². The van der Waals surface area contributed by atoms with Gasteiger partial charge in [0.25, 0.3) is 0 Å². The second-order valence-electron chi connectivity index (χ2n) is 6.38. The normalized spacial score (nSPS) is 19.8. The standard InChI is InChI=1S/C20H19F2NO3S/c21-17-7-8-18(22)16(14-17)6-9-20(24)23-11-10-19(27(25,26)13-12-23)15-4-2-1-3-5-15/h1-9,14,19H,10-13H2/b9-6+. The first-order valence-electron chi connectivity index (χ1n) is 8.55. The fraction of sp³-hybridized carbons (Fsp3) is 0.250. The van der Waals surface area contributed by atoms with Crippen LogP contribution in [0.2, 0.25) is 0 Å². The predicted molar refractivity (Wildman–Crippen MR) is 99.6 cm³/mol. The van der Waals surface area contributed by atoms with E-state index in [0.29, 0.717) is 12.0 Å². The minimum Gasteiger partial charge on any atom is -0.338 e. The van der Waals surface area contributed by atoms with E-state index in [2.05, 4.69) is 0 Å². The minimum atomic E-state index is -3.39. The van der Waals surface area contributed by atoms with Gasteiger partial charge in [-0.05, 0) is 36.3 Å². The van der Waals surface area contributed by atoms with E-state index in [0.717, 1.165) is 24.3 Å². The van der Waals surface area contributed by atoms with Gasteiger partial charge >= 0.3 is 0 Å². The van der Waals surface area contributed by atoms with Crippen LogP contribution in [0.5, 0.6) is 0 Å². The molecule has 2 aromatic carbocycles. The van der Waals surface area contributed by atoms with E-state index in [1.807, 2.05) is 6.07 Å². The Labute approximate surface area is 157 Å². The average molecular weight is 391 g/mol. The molecule has 1 heterocycles. The van der Waals surface area contributed by atoms with Crippen LogP contribution in [0, 0.1) is 11.6 Å². The van der Waals surface area contributed by atoms with Crippen LogP contribution >= 0.6 is 0 Å². The Morgan fingerprint density at radius 1 is 1.07 bits per heavy atom. The van der Waals surface area contributed by atoms with Crippen molar-refractivity contribution >= 4 is 21.8 Å². The number of hydrogen-bond acceptors (Lipinski definition) is 3. The molecule has 0 N–H and O–H groups in total. The highest BCUT2D eigenvalue weighted by atomic mass is 32.2. The third-order valence-electron chi connectivity index (χ3n) is 4.59. The third-order valence-corrected chi connectivity index (χ3v) is 6.71. The van der Waals surface area contributed by atoms with Crippen molar-refractivity contribution in [2.24, 2.45) is 0 Å². The Hall–Kier alpha value is -2.54. The largest absolute Gasteiger partial charge is 0.338 e. The molecule has 0 bridgehead atoms. The summed E-state index contributed by atoms with van der Waals surface area (Å²) in [5.41, 5.74) is 0.678. The van der Waals surface area contributed by atoms with E-state index >= 15 is 0 Å². The second kappa shape index (κ2) is 8.00. The van der Waals surface area contributed by atoms with Gasteiger partial charge in [0.15, 0.2) is 9.84 Å². The molecule has 3 rings (SSSR count). The van der Waals surface area contributed by atoms with Crippen LogP contribution < -0.4 is 0 Å². The highest BCUT2D eigenvalue weighted by molar-refractivity contribution is 7.91. The van der Waals surface area contributed by atoms with Gasteiger partial charge in [-0.2, -0.15) is 0 Å². The molecule has 1 atom stereocenters. The van der Waals surface area contributed by atoms with E-state index < -0.39 is 32.6 Å². The quantitative estimate of drug-likeness (QED) is 0.754. The molecule has 142 valence electrons. The first kappa shape index (κ1) is 19.2. The van der Waals surface area contributed by atoms with E-state index in [1.165, 1.54) is 11.0 Å². The maximum atomic E-state index is 13.6. The van der Waals surface area contributed by atoms with Gasteiger partial charge in [0.1, 0.15) is 11.6 Å². The van der Waals surface area contributed by atoms with Crippen molar-refractivity contribution in [2.45, 2.75) is 11.7 Å². The fourth-order valence-corrected chi connectivity index (χ4v) is 4.91. The zero-order valence-electron chi connectivity index (χ0n) is 14.5. The van der Waals surface area contributed by atoms with Crippen molar-refractivity contribution in [2.75, 3.05) is 18.8 Å². The molecule has 1 fully saturated rings. The molecular formula is C20H19F2NO3S. The Kier molecular flexibility index (Phi) is 5.70. The molecular weight excluding hydrogens is 372 g/mol. The Morgan fingerprint density at radius 2 is 1.81 bits per heavy atom. The van der Waals surface area contributed by atoms with Gasteiger partial charge in [-0.1, -0.05) is 30.3 Å². The summed E-state index contributed by atoms with van der Waals surface area (Å²) in [6, 6.07) is 11.9. The van der Waals surface area contributed by atoms with Gasteiger partial charge in [0.05, 0.1) is 11.0 Å². The van der Waals surface area contributed by atoms with Crippen LogP contribution in [0.25, 0.3) is 6.08 Å². The molecule has 0 aliphatic carbocycles. The monoisotopic (exact) mass is 391 g/mol. The maximum absolute atomic E-state index is 13.6. The summed E-state index contributed by atoms with van der Waals surface area (Å²) in [7, 11) is -3.39. The summed E-state index contributed by atoms with van der Waals surface area (Å²) in [5, 5.41) is -0.652. The van der Waals surface area contributed by atoms with Crippen LogP contribution in [0.15, 0.2) is 54.6 Å². The highest BCUT2D eigenvalue weighted by Crippen LogP contribution is 2.29. The van der Waals surface area contributed by atoms with E-state index in [1.54, 1.807) is 24.3 Å². The summed E-state index contributed by atoms with van der Waals surface area (Å²) in [5.74, 6) is -1.80. The van der Waals surface area contributed by atoms with Crippen LogP contribution in [-0.4, -0.2) is 38.1 Å². The molecule has 27 heavy (non-hydrogen) atoms. The fourth-order valence-electron chi connectivity index (χ4n) is 3.12. The highest BCUT2D eigenvalue weighted by Gasteiger charge is 2.32. The van der Waals surface area contributed by atoms with Crippen molar-refractivity contribution in [3.05, 3.63) is 77.4 Å². The number of benzene rings is 2. The van der Waals surface area contributed by atoms with Crippen LogP contribution in [0.1, 0.15) is 22.8 Å². The number of rotatable bonds is 3. The molecule has 1 amide bonds. The first-order chi connectivity index (χ1) is 12.9. The molecule has 0 radical (unpaired) electrons. The maximum Gasteiger partial charge on any atom is 0.246 e. The van der Waals surface area contributed by atoms with E-state index in [-0.39, 0.29) is 24.4 Å². The number of halogens is 2. The molecule has 1 aliphatic heterocycles. The smallest absolute Gasteiger partial charge is 0.246 e. The van der Waals surface area contributed by atoms with Crippen LogP contribution in [-0.2, 0) is 14.6 Å². The number of nitrogens with zero attached hydrogens (tertiary/aromatic N) is 1. The first-order valence-corrected chi connectivity index (χ1v) is 10.3. The summed E-state index contributed by atoms with van der Waals surface area (Å²) in [6.45, 7) is 0.341. The van der Waals surface area contributed by atoms with Gasteiger partial charge < -0.3 is 4.90 Å². The minimum absolute atomic E-state index is 0.0343. The summed E-state index contributed by atoms with van der Waals surface area (Å²) in [4.78, 5) is 13.8. The topological polar surface area (TPSA) is 54.5 Å². The third kappa shape index (κ3) is 4.60. The van der Waals surface area contributed by atoms with E-state index in [9.17, 15) is 22.0 Å². The lowest BCUT2D eigenvalue weighted by Gasteiger charge is -2.18. The van der Waals surface area contributed by atoms with E-state index in [4.69, 9.17) is 0 Å². The second-order valence-corrected chi connectivity index (χ2v) is 8.68. The van der Waals surface area contributed by atoms with Crippen molar-refractivity contribution in [3.63, 3.8) is 0 Å². The molecule has 0 saturated carbocycles. The molecule has 1 aliphatic rings. The number of amides is 1. The van der Waals surface area contributed by atoms with Gasteiger partial charge in [-0.15, -0.1) is 0 Å². The summed E-state index contributed by atoms with van der Waals surface area (Å²) >= 11 is 0. The molecule has 4 nitrogen and oxygen atoms in total. The van der Waals surface area contributed by atoms with Crippen molar-refractivity contribution in [3.8, 4) is 0 Å². The van der Waals surface area contributed by atoms with Gasteiger partial charge in [-0.25, -0.2) is 17.2 Å². The predicted octanol–water partition coefficient (Wildman–Crippen LogP) is 3.37. The molecule has 1 saturated heterocycles. The lowest BCUT2D eigenvalue weighted by molar-refractivity contribution is -0.125. The lowest BCUT2D eigenvalue weighted by atomic mass is 10.1. The molecule has 7 heteroatoms. The number of carbonyl (C=O) groups excluding carboxylic acids is 1. The Bertz CT molecular complexity index is 958. The Morgan fingerprint density at radius 3 is 2.56 bits per heavy atom. The number of carbonyl (C=O) groups is 1. The molecule has 0 spiro atoms. The Balaban J connectivity index is 1.74. The van der Waals surface area contributed by atoms with Gasteiger partial charge in [-0.3, -0.25) is 4.79 Å².